The summed E-state index contributed by atoms with van der Waals surface area (Å²) in [7, 11) is 0. The van der Waals surface area contributed by atoms with E-state index >= 15 is 0 Å². The van der Waals surface area contributed by atoms with E-state index in [-0.39, 0.29) is 5.91 Å². The quantitative estimate of drug-likeness (QED) is 0.833. The van der Waals surface area contributed by atoms with Crippen molar-refractivity contribution in [1.82, 2.24) is 9.88 Å². The summed E-state index contributed by atoms with van der Waals surface area (Å²) in [6.07, 6.45) is 5.33. The van der Waals surface area contributed by atoms with Gasteiger partial charge in [0.05, 0.1) is 5.56 Å². The van der Waals surface area contributed by atoms with Crippen molar-refractivity contribution in [3.8, 4) is 0 Å². The molecule has 0 spiro atoms. The molecular formula is C16H20N2O. The minimum atomic E-state index is 0.170. The van der Waals surface area contributed by atoms with E-state index in [0.717, 1.165) is 35.9 Å². The van der Waals surface area contributed by atoms with Crippen LogP contribution in [0.15, 0.2) is 24.4 Å². The zero-order valence-corrected chi connectivity index (χ0v) is 11.6. The lowest BCUT2D eigenvalue weighted by atomic mass is 10.0. The average molecular weight is 256 g/mol. The number of likely N-dealkylation sites (tertiary alicyclic amines) is 1. The van der Waals surface area contributed by atoms with Gasteiger partial charge in [0.15, 0.2) is 0 Å². The zero-order chi connectivity index (χ0) is 13.4. The number of H-pyrrole nitrogens is 1. The van der Waals surface area contributed by atoms with Crippen LogP contribution in [0.2, 0.25) is 0 Å². The summed E-state index contributed by atoms with van der Waals surface area (Å²) >= 11 is 0. The van der Waals surface area contributed by atoms with Gasteiger partial charge in [-0.3, -0.25) is 4.79 Å². The van der Waals surface area contributed by atoms with Crippen molar-refractivity contribution in [3.05, 3.63) is 35.5 Å². The Morgan fingerprint density at radius 3 is 3.00 bits per heavy atom. The number of rotatable bonds is 1. The van der Waals surface area contributed by atoms with Gasteiger partial charge in [0, 0.05) is 29.7 Å². The Kier molecular flexibility index (Phi) is 3.05. The number of aryl methyl sites for hydroxylation is 1. The predicted octanol–water partition coefficient (Wildman–Crippen LogP) is 3.49. The molecule has 100 valence electrons. The molecule has 1 fully saturated rings. The Morgan fingerprint density at radius 1 is 1.37 bits per heavy atom. The summed E-state index contributed by atoms with van der Waals surface area (Å²) in [5.41, 5.74) is 3.04. The maximum absolute atomic E-state index is 12.7. The molecule has 2 heterocycles. The number of carbonyl (C=O) groups is 1. The van der Waals surface area contributed by atoms with Crippen LogP contribution in [0.1, 0.15) is 42.1 Å². The Morgan fingerprint density at radius 2 is 2.21 bits per heavy atom. The maximum Gasteiger partial charge on any atom is 0.256 e. The van der Waals surface area contributed by atoms with Crippen molar-refractivity contribution in [2.45, 2.75) is 39.2 Å². The van der Waals surface area contributed by atoms with Gasteiger partial charge < -0.3 is 9.88 Å². The van der Waals surface area contributed by atoms with E-state index in [1.165, 1.54) is 12.0 Å². The molecule has 1 aliphatic rings. The van der Waals surface area contributed by atoms with Crippen LogP contribution >= 0.6 is 0 Å². The molecular weight excluding hydrogens is 236 g/mol. The highest BCUT2D eigenvalue weighted by Crippen LogP contribution is 2.24. The summed E-state index contributed by atoms with van der Waals surface area (Å²) in [4.78, 5) is 17.9. The minimum Gasteiger partial charge on any atom is -0.360 e. The molecule has 1 atom stereocenters. The summed E-state index contributed by atoms with van der Waals surface area (Å²) in [5.74, 6) is 0.170. The van der Waals surface area contributed by atoms with Crippen LogP contribution in [-0.2, 0) is 0 Å². The minimum absolute atomic E-state index is 0.170. The van der Waals surface area contributed by atoms with Crippen molar-refractivity contribution in [1.29, 1.82) is 0 Å². The number of fused-ring (bicyclic) bond motifs is 1. The van der Waals surface area contributed by atoms with Gasteiger partial charge in [-0.2, -0.15) is 0 Å². The number of carbonyl (C=O) groups excluding carboxylic acids is 1. The summed E-state index contributed by atoms with van der Waals surface area (Å²) in [6.45, 7) is 5.10. The second-order valence-electron chi connectivity index (χ2n) is 5.59. The highest BCUT2D eigenvalue weighted by Gasteiger charge is 2.25. The van der Waals surface area contributed by atoms with Crippen LogP contribution in [0, 0.1) is 6.92 Å². The third-order valence-electron chi connectivity index (χ3n) is 4.13. The number of nitrogens with one attached hydrogen (secondary N) is 1. The normalized spacial score (nSPS) is 19.9. The van der Waals surface area contributed by atoms with E-state index in [0.29, 0.717) is 6.04 Å². The SMILES string of the molecule is Cc1ccc2[nH]cc(C(=O)N3CCCCC3C)c2c1. The molecule has 1 saturated heterocycles. The molecule has 3 heteroatoms. The van der Waals surface area contributed by atoms with E-state index < -0.39 is 0 Å². The van der Waals surface area contributed by atoms with Crippen LogP contribution < -0.4 is 0 Å². The van der Waals surface area contributed by atoms with Gasteiger partial charge in [0.2, 0.25) is 0 Å². The first-order valence-corrected chi connectivity index (χ1v) is 7.05. The van der Waals surface area contributed by atoms with E-state index in [9.17, 15) is 4.79 Å². The molecule has 3 nitrogen and oxygen atoms in total. The van der Waals surface area contributed by atoms with Gasteiger partial charge >= 0.3 is 0 Å². The molecule has 3 rings (SSSR count). The van der Waals surface area contributed by atoms with E-state index in [2.05, 4.69) is 31.0 Å². The number of hydrogen-bond acceptors (Lipinski definition) is 1. The summed E-state index contributed by atoms with van der Waals surface area (Å²) < 4.78 is 0. The van der Waals surface area contributed by atoms with Gasteiger partial charge in [0.25, 0.3) is 5.91 Å². The Labute approximate surface area is 113 Å². The lowest BCUT2D eigenvalue weighted by Gasteiger charge is -2.33. The fraction of sp³-hybridized carbons (Fsp3) is 0.438. The number of aromatic nitrogens is 1. The second-order valence-corrected chi connectivity index (χ2v) is 5.59. The average Bonchev–Trinajstić information content (AvgIpc) is 2.81. The first kappa shape index (κ1) is 12.3. The lowest BCUT2D eigenvalue weighted by molar-refractivity contribution is 0.0638. The summed E-state index contributed by atoms with van der Waals surface area (Å²) in [6, 6.07) is 6.56. The maximum atomic E-state index is 12.7. The fourth-order valence-electron chi connectivity index (χ4n) is 2.97. The highest BCUT2D eigenvalue weighted by molar-refractivity contribution is 6.07. The van der Waals surface area contributed by atoms with Crippen LogP contribution in [0.5, 0.6) is 0 Å². The van der Waals surface area contributed by atoms with E-state index in [1.807, 2.05) is 17.2 Å². The molecule has 1 amide bonds. The van der Waals surface area contributed by atoms with Crippen molar-refractivity contribution < 1.29 is 4.79 Å². The van der Waals surface area contributed by atoms with Gasteiger partial charge in [0.1, 0.15) is 0 Å². The molecule has 0 aliphatic carbocycles. The molecule has 0 radical (unpaired) electrons. The van der Waals surface area contributed by atoms with E-state index in [1.54, 1.807) is 0 Å². The van der Waals surface area contributed by atoms with Gasteiger partial charge in [-0.05, 0) is 45.2 Å². The Balaban J connectivity index is 1.99. The first-order chi connectivity index (χ1) is 9.16. The molecule has 0 bridgehead atoms. The Bertz CT molecular complexity index is 614. The van der Waals surface area contributed by atoms with Gasteiger partial charge in [-0.25, -0.2) is 0 Å². The molecule has 1 aliphatic heterocycles. The number of hydrogen-bond donors (Lipinski definition) is 1. The number of aromatic amines is 1. The third-order valence-corrected chi connectivity index (χ3v) is 4.13. The van der Waals surface area contributed by atoms with Crippen molar-refractivity contribution in [3.63, 3.8) is 0 Å². The molecule has 1 aromatic carbocycles. The monoisotopic (exact) mass is 256 g/mol. The van der Waals surface area contributed by atoms with Gasteiger partial charge in [-0.15, -0.1) is 0 Å². The van der Waals surface area contributed by atoms with Crippen LogP contribution in [-0.4, -0.2) is 28.4 Å². The number of benzene rings is 1. The van der Waals surface area contributed by atoms with Crippen LogP contribution in [0.4, 0.5) is 0 Å². The number of piperidine rings is 1. The first-order valence-electron chi connectivity index (χ1n) is 7.05. The van der Waals surface area contributed by atoms with Crippen LogP contribution in [0.25, 0.3) is 10.9 Å². The standard InChI is InChI=1S/C16H20N2O/c1-11-6-7-15-13(9-11)14(10-17-15)16(19)18-8-4-3-5-12(18)2/h6-7,9-10,12,17H,3-5,8H2,1-2H3. The summed E-state index contributed by atoms with van der Waals surface area (Å²) in [5, 5.41) is 1.04. The largest absolute Gasteiger partial charge is 0.360 e. The van der Waals surface area contributed by atoms with Crippen molar-refractivity contribution in [2.75, 3.05) is 6.54 Å². The van der Waals surface area contributed by atoms with Gasteiger partial charge in [-0.1, -0.05) is 11.6 Å². The van der Waals surface area contributed by atoms with E-state index in [4.69, 9.17) is 0 Å². The zero-order valence-electron chi connectivity index (χ0n) is 11.6. The molecule has 1 aromatic heterocycles. The number of nitrogens with zero attached hydrogens (tertiary/aromatic N) is 1. The highest BCUT2D eigenvalue weighted by atomic mass is 16.2. The molecule has 1 N–H and O–H groups in total. The lowest BCUT2D eigenvalue weighted by Crippen LogP contribution is -2.41. The predicted molar refractivity (Wildman–Crippen MR) is 77.4 cm³/mol. The Hall–Kier alpha value is -1.77. The smallest absolute Gasteiger partial charge is 0.256 e. The fourth-order valence-corrected chi connectivity index (χ4v) is 2.97. The van der Waals surface area contributed by atoms with Crippen molar-refractivity contribution >= 4 is 16.8 Å². The third kappa shape index (κ3) is 2.14. The van der Waals surface area contributed by atoms with Crippen LogP contribution in [0.3, 0.4) is 0 Å². The molecule has 2 aromatic rings. The topological polar surface area (TPSA) is 36.1 Å². The van der Waals surface area contributed by atoms with Crippen molar-refractivity contribution in [2.24, 2.45) is 0 Å². The molecule has 0 saturated carbocycles. The number of amides is 1. The molecule has 1 unspecified atom stereocenters. The molecule has 19 heavy (non-hydrogen) atoms. The second kappa shape index (κ2) is 4.72.